The molecule has 1 aliphatic carbocycles. The number of thiophene rings is 1. The van der Waals surface area contributed by atoms with Crippen LogP contribution in [0.4, 0.5) is 5.82 Å². The van der Waals surface area contributed by atoms with Gasteiger partial charge in [-0.3, -0.25) is 9.78 Å². The summed E-state index contributed by atoms with van der Waals surface area (Å²) in [4.78, 5) is 18.6. The van der Waals surface area contributed by atoms with Crippen LogP contribution in [0.25, 0.3) is 0 Å². The van der Waals surface area contributed by atoms with E-state index in [1.807, 2.05) is 25.1 Å². The van der Waals surface area contributed by atoms with Crippen molar-refractivity contribution in [2.45, 2.75) is 32.7 Å². The number of amides is 1. The molecule has 0 spiro atoms. The Morgan fingerprint density at radius 1 is 1.33 bits per heavy atom. The van der Waals surface area contributed by atoms with E-state index in [4.69, 9.17) is 0 Å². The van der Waals surface area contributed by atoms with Gasteiger partial charge in [-0.25, -0.2) is 4.68 Å². The second-order valence-electron chi connectivity index (χ2n) is 5.90. The molecule has 0 atom stereocenters. The maximum absolute atomic E-state index is 12.5. The third-order valence-electron chi connectivity index (χ3n) is 4.27. The highest BCUT2D eigenvalue weighted by Gasteiger charge is 2.20. The number of anilines is 1. The average Bonchev–Trinajstić information content (AvgIpc) is 3.26. The third-order valence-corrected chi connectivity index (χ3v) is 5.50. The third kappa shape index (κ3) is 2.82. The van der Waals surface area contributed by atoms with E-state index in [9.17, 15) is 4.79 Å². The van der Waals surface area contributed by atoms with Crippen molar-refractivity contribution in [2.24, 2.45) is 0 Å². The summed E-state index contributed by atoms with van der Waals surface area (Å²) >= 11 is 1.59. The van der Waals surface area contributed by atoms with Gasteiger partial charge in [0, 0.05) is 17.3 Å². The Balaban J connectivity index is 1.49. The van der Waals surface area contributed by atoms with Crippen LogP contribution in [0, 0.1) is 6.92 Å². The summed E-state index contributed by atoms with van der Waals surface area (Å²) in [5.41, 5.74) is 3.25. The Hall–Kier alpha value is -2.54. The molecule has 0 bridgehead atoms. The molecule has 0 aromatic carbocycles. The average molecular weight is 339 g/mol. The minimum atomic E-state index is -0.103. The molecule has 1 aliphatic rings. The van der Waals surface area contributed by atoms with E-state index >= 15 is 0 Å². The van der Waals surface area contributed by atoms with Gasteiger partial charge in [0.1, 0.15) is 0 Å². The van der Waals surface area contributed by atoms with Crippen LogP contribution in [0.3, 0.4) is 0 Å². The van der Waals surface area contributed by atoms with Gasteiger partial charge in [-0.1, -0.05) is 5.21 Å². The molecule has 3 heterocycles. The van der Waals surface area contributed by atoms with E-state index in [1.54, 1.807) is 28.4 Å². The summed E-state index contributed by atoms with van der Waals surface area (Å²) in [6.07, 6.45) is 6.88. The van der Waals surface area contributed by atoms with E-state index in [1.165, 1.54) is 16.9 Å². The fourth-order valence-corrected chi connectivity index (χ4v) is 4.05. The molecule has 3 aromatic heterocycles. The molecule has 0 saturated carbocycles. The van der Waals surface area contributed by atoms with Gasteiger partial charge in [0.05, 0.1) is 17.1 Å². The highest BCUT2D eigenvalue weighted by molar-refractivity contribution is 7.14. The zero-order chi connectivity index (χ0) is 16.5. The molecule has 1 amide bonds. The summed E-state index contributed by atoms with van der Waals surface area (Å²) < 4.78 is 1.78. The Bertz CT molecular complexity index is 862. The second kappa shape index (κ2) is 6.16. The first kappa shape index (κ1) is 15.0. The molecule has 122 valence electrons. The number of nitrogens with zero attached hydrogens (tertiary/aromatic N) is 4. The molecular formula is C17H17N5OS. The number of aryl methyl sites for hydroxylation is 2. The fraction of sp³-hybridized carbons (Fsp3) is 0.294. The van der Waals surface area contributed by atoms with Gasteiger partial charge in [0.15, 0.2) is 5.82 Å². The zero-order valence-corrected chi connectivity index (χ0v) is 14.1. The number of nitrogens with one attached hydrogen (secondary N) is 1. The van der Waals surface area contributed by atoms with E-state index in [2.05, 4.69) is 20.6 Å². The molecule has 1 N–H and O–H groups in total. The first-order valence-corrected chi connectivity index (χ1v) is 8.74. The highest BCUT2D eigenvalue weighted by Crippen LogP contribution is 2.31. The van der Waals surface area contributed by atoms with Gasteiger partial charge >= 0.3 is 0 Å². The number of aromatic nitrogens is 4. The quantitative estimate of drug-likeness (QED) is 0.793. The lowest BCUT2D eigenvalue weighted by atomic mass is 10.2. The molecule has 7 heteroatoms. The van der Waals surface area contributed by atoms with Crippen molar-refractivity contribution in [3.8, 4) is 0 Å². The Kier molecular flexibility index (Phi) is 3.86. The van der Waals surface area contributed by atoms with Crippen LogP contribution in [0.2, 0.25) is 0 Å². The van der Waals surface area contributed by atoms with Gasteiger partial charge in [-0.2, -0.15) is 0 Å². The monoisotopic (exact) mass is 339 g/mol. The van der Waals surface area contributed by atoms with E-state index in [0.717, 1.165) is 29.0 Å². The summed E-state index contributed by atoms with van der Waals surface area (Å²) in [6.45, 7) is 2.51. The normalized spacial score (nSPS) is 13.0. The molecule has 0 aliphatic heterocycles. The highest BCUT2D eigenvalue weighted by atomic mass is 32.1. The lowest BCUT2D eigenvalue weighted by Gasteiger charge is -2.04. The maximum atomic E-state index is 12.5. The first-order chi connectivity index (χ1) is 11.7. The SMILES string of the molecule is Cc1c(NC(=O)c2cc3c(s2)CCC3)nnn1Cc1ccncc1. The van der Waals surface area contributed by atoms with Crippen molar-refractivity contribution in [1.29, 1.82) is 0 Å². The van der Waals surface area contributed by atoms with Gasteiger partial charge in [0.2, 0.25) is 0 Å². The van der Waals surface area contributed by atoms with Crippen molar-refractivity contribution in [3.05, 3.63) is 57.2 Å². The number of rotatable bonds is 4. The standard InChI is InChI=1S/C17H17N5OS/c1-11-16(20-21-22(11)10-12-5-7-18-8-6-12)19-17(23)15-9-13-3-2-4-14(13)24-15/h5-9H,2-4,10H2,1H3,(H,19,23). The fourth-order valence-electron chi connectivity index (χ4n) is 2.90. The zero-order valence-electron chi connectivity index (χ0n) is 13.3. The number of pyridine rings is 1. The Labute approximate surface area is 143 Å². The maximum Gasteiger partial charge on any atom is 0.266 e. The van der Waals surface area contributed by atoms with Crippen LogP contribution >= 0.6 is 11.3 Å². The smallest absolute Gasteiger partial charge is 0.266 e. The van der Waals surface area contributed by atoms with Gasteiger partial charge in [0.25, 0.3) is 5.91 Å². The molecule has 0 fully saturated rings. The minimum absolute atomic E-state index is 0.103. The number of hydrogen-bond acceptors (Lipinski definition) is 5. The molecule has 0 radical (unpaired) electrons. The second-order valence-corrected chi connectivity index (χ2v) is 7.04. The lowest BCUT2D eigenvalue weighted by Crippen LogP contribution is -2.12. The Morgan fingerprint density at radius 3 is 2.96 bits per heavy atom. The summed E-state index contributed by atoms with van der Waals surface area (Å²) in [5.74, 6) is 0.413. The van der Waals surface area contributed by atoms with E-state index < -0.39 is 0 Å². The van der Waals surface area contributed by atoms with Crippen LogP contribution < -0.4 is 5.32 Å². The summed E-state index contributed by atoms with van der Waals surface area (Å²) in [5, 5.41) is 11.1. The topological polar surface area (TPSA) is 72.7 Å². The number of fused-ring (bicyclic) bond motifs is 1. The molecule has 0 saturated heterocycles. The molecule has 3 aromatic rings. The number of carbonyl (C=O) groups excluding carboxylic acids is 1. The molecule has 4 rings (SSSR count). The van der Waals surface area contributed by atoms with Crippen LogP contribution in [-0.2, 0) is 19.4 Å². The summed E-state index contributed by atoms with van der Waals surface area (Å²) in [7, 11) is 0. The Morgan fingerprint density at radius 2 is 2.17 bits per heavy atom. The summed E-state index contributed by atoms with van der Waals surface area (Å²) in [6, 6.07) is 5.89. The van der Waals surface area contributed by atoms with Crippen molar-refractivity contribution < 1.29 is 4.79 Å². The van der Waals surface area contributed by atoms with Crippen molar-refractivity contribution >= 4 is 23.1 Å². The van der Waals surface area contributed by atoms with E-state index in [0.29, 0.717) is 12.4 Å². The van der Waals surface area contributed by atoms with Gasteiger partial charge in [-0.05, 0) is 55.5 Å². The van der Waals surface area contributed by atoms with Gasteiger partial charge in [-0.15, -0.1) is 16.4 Å². The van der Waals surface area contributed by atoms with Crippen molar-refractivity contribution in [1.82, 2.24) is 20.0 Å². The van der Waals surface area contributed by atoms with Crippen LogP contribution in [0.5, 0.6) is 0 Å². The predicted molar refractivity (Wildman–Crippen MR) is 92.4 cm³/mol. The van der Waals surface area contributed by atoms with Crippen LogP contribution in [0.1, 0.15) is 37.8 Å². The first-order valence-electron chi connectivity index (χ1n) is 7.92. The van der Waals surface area contributed by atoms with Crippen molar-refractivity contribution in [3.63, 3.8) is 0 Å². The van der Waals surface area contributed by atoms with Gasteiger partial charge < -0.3 is 5.32 Å². The number of hydrogen-bond donors (Lipinski definition) is 1. The molecular weight excluding hydrogens is 322 g/mol. The van der Waals surface area contributed by atoms with Crippen LogP contribution in [0.15, 0.2) is 30.6 Å². The molecule has 24 heavy (non-hydrogen) atoms. The van der Waals surface area contributed by atoms with E-state index in [-0.39, 0.29) is 5.91 Å². The number of carbonyl (C=O) groups is 1. The lowest BCUT2D eigenvalue weighted by molar-refractivity contribution is 0.103. The minimum Gasteiger partial charge on any atom is -0.303 e. The largest absolute Gasteiger partial charge is 0.303 e. The van der Waals surface area contributed by atoms with Crippen molar-refractivity contribution in [2.75, 3.05) is 5.32 Å². The molecule has 0 unspecified atom stereocenters. The molecule has 6 nitrogen and oxygen atoms in total. The predicted octanol–water partition coefficient (Wildman–Crippen LogP) is 2.83. The van der Waals surface area contributed by atoms with Crippen LogP contribution in [-0.4, -0.2) is 25.9 Å².